The molecule has 2 aliphatic rings. The van der Waals surface area contributed by atoms with Gasteiger partial charge in [0.1, 0.15) is 18.5 Å². The summed E-state index contributed by atoms with van der Waals surface area (Å²) < 4.78 is 12.5. The van der Waals surface area contributed by atoms with Crippen molar-refractivity contribution in [2.45, 2.75) is 19.4 Å². The van der Waals surface area contributed by atoms with Crippen LogP contribution in [0.1, 0.15) is 12.1 Å². The molecule has 1 saturated heterocycles. The van der Waals surface area contributed by atoms with Gasteiger partial charge in [-0.05, 0) is 55.8 Å². The van der Waals surface area contributed by atoms with E-state index in [2.05, 4.69) is 51.2 Å². The fourth-order valence-corrected chi connectivity index (χ4v) is 4.87. The minimum absolute atomic E-state index is 0.00902. The molecule has 1 unspecified atom stereocenters. The smallest absolute Gasteiger partial charge is 0.171 e. The van der Waals surface area contributed by atoms with Crippen LogP contribution in [0.25, 0.3) is 21.8 Å². The van der Waals surface area contributed by atoms with Gasteiger partial charge in [0.05, 0.1) is 11.0 Å². The van der Waals surface area contributed by atoms with Gasteiger partial charge in [0.25, 0.3) is 0 Å². The van der Waals surface area contributed by atoms with E-state index in [0.717, 1.165) is 78.6 Å². The van der Waals surface area contributed by atoms with E-state index in [1.807, 2.05) is 31.2 Å². The Kier molecular flexibility index (Phi) is 5.23. The number of aryl methyl sites for hydroxylation is 1. The van der Waals surface area contributed by atoms with Crippen LogP contribution in [0.3, 0.4) is 0 Å². The lowest BCUT2D eigenvalue weighted by Gasteiger charge is -2.31. The zero-order chi connectivity index (χ0) is 22.2. The van der Waals surface area contributed by atoms with Crippen molar-refractivity contribution in [3.63, 3.8) is 0 Å². The van der Waals surface area contributed by atoms with Gasteiger partial charge in [-0.15, -0.1) is 0 Å². The SMILES string of the molecule is Cc1ccc2c3c(ccc2n1)OCC(CN1CCCN(c2ccc4ccccc4n2)CC1)O3. The summed E-state index contributed by atoms with van der Waals surface area (Å²) in [6.07, 6.45) is 1.11. The summed E-state index contributed by atoms with van der Waals surface area (Å²) in [5.41, 5.74) is 3.01. The first-order valence-electron chi connectivity index (χ1n) is 11.8. The molecule has 2 aliphatic heterocycles. The van der Waals surface area contributed by atoms with Crippen molar-refractivity contribution in [2.75, 3.05) is 44.2 Å². The summed E-state index contributed by atoms with van der Waals surface area (Å²) in [6, 6.07) is 20.7. The number of anilines is 1. The highest BCUT2D eigenvalue weighted by molar-refractivity contribution is 5.88. The van der Waals surface area contributed by atoms with Crippen LogP contribution in [0, 0.1) is 6.92 Å². The average Bonchev–Trinajstić information content (AvgIpc) is 3.09. The van der Waals surface area contributed by atoms with Gasteiger partial charge in [-0.3, -0.25) is 9.88 Å². The highest BCUT2D eigenvalue weighted by Gasteiger charge is 2.26. The summed E-state index contributed by atoms with van der Waals surface area (Å²) >= 11 is 0. The number of hydrogen-bond donors (Lipinski definition) is 0. The molecule has 0 saturated carbocycles. The van der Waals surface area contributed by atoms with E-state index in [-0.39, 0.29) is 6.10 Å². The van der Waals surface area contributed by atoms with E-state index in [9.17, 15) is 0 Å². The van der Waals surface area contributed by atoms with Gasteiger partial charge in [-0.25, -0.2) is 4.98 Å². The number of rotatable bonds is 3. The third-order valence-electron chi connectivity index (χ3n) is 6.59. The molecule has 6 heteroatoms. The number of nitrogens with zero attached hydrogens (tertiary/aromatic N) is 4. The molecular formula is C27H28N4O2. The van der Waals surface area contributed by atoms with Crippen molar-refractivity contribution in [3.8, 4) is 11.5 Å². The molecule has 168 valence electrons. The number of ether oxygens (including phenoxy) is 2. The molecule has 0 aliphatic carbocycles. The number of aromatic nitrogens is 2. The quantitative estimate of drug-likeness (QED) is 0.469. The van der Waals surface area contributed by atoms with Crippen molar-refractivity contribution >= 4 is 27.6 Å². The third kappa shape index (κ3) is 4.07. The highest BCUT2D eigenvalue weighted by Crippen LogP contribution is 2.38. The van der Waals surface area contributed by atoms with Gasteiger partial charge in [-0.2, -0.15) is 0 Å². The molecule has 0 spiro atoms. The molecule has 6 nitrogen and oxygen atoms in total. The molecule has 2 aromatic heterocycles. The van der Waals surface area contributed by atoms with Gasteiger partial charge in [-0.1, -0.05) is 18.2 Å². The van der Waals surface area contributed by atoms with E-state index in [4.69, 9.17) is 14.5 Å². The first-order chi connectivity index (χ1) is 16.2. The minimum Gasteiger partial charge on any atom is -0.486 e. The summed E-state index contributed by atoms with van der Waals surface area (Å²) in [6.45, 7) is 7.45. The third-order valence-corrected chi connectivity index (χ3v) is 6.59. The van der Waals surface area contributed by atoms with E-state index in [1.165, 1.54) is 5.39 Å². The lowest BCUT2D eigenvalue weighted by Crippen LogP contribution is -2.42. The molecular weight excluding hydrogens is 412 g/mol. The Balaban J connectivity index is 1.14. The maximum atomic E-state index is 6.46. The average molecular weight is 441 g/mol. The summed E-state index contributed by atoms with van der Waals surface area (Å²) in [7, 11) is 0. The van der Waals surface area contributed by atoms with Gasteiger partial charge in [0.15, 0.2) is 11.5 Å². The maximum absolute atomic E-state index is 6.46. The molecule has 1 fully saturated rings. The second-order valence-corrected chi connectivity index (χ2v) is 8.97. The molecule has 4 aromatic rings. The standard InChI is InChI=1S/C27H28N4O2/c1-19-7-9-22-24(28-19)10-11-25-27(22)33-21(18-32-25)17-30-13-4-14-31(16-15-30)26-12-8-20-5-2-3-6-23(20)29-26/h2-3,5-12,21H,4,13-18H2,1H3. The lowest BCUT2D eigenvalue weighted by atomic mass is 10.1. The zero-order valence-electron chi connectivity index (χ0n) is 18.9. The molecule has 0 N–H and O–H groups in total. The van der Waals surface area contributed by atoms with Crippen LogP contribution < -0.4 is 14.4 Å². The molecule has 6 rings (SSSR count). The molecule has 4 heterocycles. The Labute approximate surface area is 193 Å². The topological polar surface area (TPSA) is 50.7 Å². The van der Waals surface area contributed by atoms with Gasteiger partial charge < -0.3 is 14.4 Å². The first-order valence-corrected chi connectivity index (χ1v) is 11.8. The summed E-state index contributed by atoms with van der Waals surface area (Å²) in [4.78, 5) is 14.4. The van der Waals surface area contributed by atoms with Crippen LogP contribution in [-0.4, -0.2) is 60.3 Å². The molecule has 0 bridgehead atoms. The van der Waals surface area contributed by atoms with Gasteiger partial charge in [0.2, 0.25) is 0 Å². The van der Waals surface area contributed by atoms with Crippen molar-refractivity contribution in [1.82, 2.24) is 14.9 Å². The largest absolute Gasteiger partial charge is 0.486 e. The van der Waals surface area contributed by atoms with E-state index < -0.39 is 0 Å². The van der Waals surface area contributed by atoms with Crippen molar-refractivity contribution in [3.05, 3.63) is 66.4 Å². The van der Waals surface area contributed by atoms with Crippen molar-refractivity contribution in [2.24, 2.45) is 0 Å². The Morgan fingerprint density at radius 2 is 1.82 bits per heavy atom. The van der Waals surface area contributed by atoms with Crippen molar-refractivity contribution < 1.29 is 9.47 Å². The van der Waals surface area contributed by atoms with Crippen LogP contribution in [0.4, 0.5) is 5.82 Å². The zero-order valence-corrected chi connectivity index (χ0v) is 18.9. The second kappa shape index (κ2) is 8.52. The Hall–Kier alpha value is -3.38. The molecule has 33 heavy (non-hydrogen) atoms. The van der Waals surface area contributed by atoms with E-state index >= 15 is 0 Å². The first kappa shape index (κ1) is 20.2. The van der Waals surface area contributed by atoms with Crippen LogP contribution >= 0.6 is 0 Å². The normalized spacial score (nSPS) is 19.1. The predicted octanol–water partition coefficient (Wildman–Crippen LogP) is 4.44. The van der Waals surface area contributed by atoms with Gasteiger partial charge in [0, 0.05) is 49.2 Å². The number of benzene rings is 2. The fraction of sp³-hybridized carbons (Fsp3) is 0.333. The van der Waals surface area contributed by atoms with Crippen LogP contribution in [0.2, 0.25) is 0 Å². The monoisotopic (exact) mass is 440 g/mol. The maximum Gasteiger partial charge on any atom is 0.171 e. The Bertz CT molecular complexity index is 1310. The predicted molar refractivity (Wildman–Crippen MR) is 131 cm³/mol. The second-order valence-electron chi connectivity index (χ2n) is 8.97. The van der Waals surface area contributed by atoms with Crippen molar-refractivity contribution in [1.29, 1.82) is 0 Å². The molecule has 1 atom stereocenters. The number of hydrogen-bond acceptors (Lipinski definition) is 6. The van der Waals surface area contributed by atoms with E-state index in [0.29, 0.717) is 6.61 Å². The molecule has 2 aromatic carbocycles. The number of pyridine rings is 2. The Morgan fingerprint density at radius 3 is 2.79 bits per heavy atom. The van der Waals surface area contributed by atoms with Gasteiger partial charge >= 0.3 is 0 Å². The summed E-state index contributed by atoms with van der Waals surface area (Å²) in [5, 5.41) is 2.21. The minimum atomic E-state index is 0.00902. The molecule has 0 amide bonds. The van der Waals surface area contributed by atoms with E-state index in [1.54, 1.807) is 0 Å². The number of fused-ring (bicyclic) bond motifs is 4. The lowest BCUT2D eigenvalue weighted by molar-refractivity contribution is 0.0622. The Morgan fingerprint density at radius 1 is 0.879 bits per heavy atom. The number of para-hydroxylation sites is 1. The van der Waals surface area contributed by atoms with Crippen LogP contribution in [-0.2, 0) is 0 Å². The molecule has 0 radical (unpaired) electrons. The highest BCUT2D eigenvalue weighted by atomic mass is 16.6. The van der Waals surface area contributed by atoms with Crippen LogP contribution in [0.5, 0.6) is 11.5 Å². The summed E-state index contributed by atoms with van der Waals surface area (Å²) in [5.74, 6) is 2.71. The fourth-order valence-electron chi connectivity index (χ4n) is 4.87. The van der Waals surface area contributed by atoms with Crippen LogP contribution in [0.15, 0.2) is 60.7 Å².